The van der Waals surface area contributed by atoms with Crippen LogP contribution in [0.5, 0.6) is 0 Å². The molecule has 1 aromatic carbocycles. The summed E-state index contributed by atoms with van der Waals surface area (Å²) in [5, 5.41) is 3.33. The van der Waals surface area contributed by atoms with Crippen LogP contribution in [0.15, 0.2) is 48.8 Å². The molecule has 0 unspecified atom stereocenters. The Morgan fingerprint density at radius 3 is 2.56 bits per heavy atom. The zero-order valence-corrected chi connectivity index (χ0v) is 9.06. The standard InChI is InChI=1S/C13H15N3/c14-7-11-6-12(9-15-8-11)10-16-13-4-2-1-3-5-13/h1-6,8-9,16H,7,10,14H2. The van der Waals surface area contributed by atoms with E-state index in [1.165, 1.54) is 0 Å². The van der Waals surface area contributed by atoms with Gasteiger partial charge in [0.15, 0.2) is 0 Å². The predicted octanol–water partition coefficient (Wildman–Crippen LogP) is 2.15. The van der Waals surface area contributed by atoms with Gasteiger partial charge in [0.2, 0.25) is 0 Å². The number of para-hydroxylation sites is 1. The van der Waals surface area contributed by atoms with E-state index >= 15 is 0 Å². The fourth-order valence-electron chi connectivity index (χ4n) is 1.51. The summed E-state index contributed by atoms with van der Waals surface area (Å²) >= 11 is 0. The second-order valence-corrected chi connectivity index (χ2v) is 3.63. The van der Waals surface area contributed by atoms with Crippen molar-refractivity contribution in [1.82, 2.24) is 4.98 Å². The van der Waals surface area contributed by atoms with Crippen molar-refractivity contribution in [1.29, 1.82) is 0 Å². The average molecular weight is 213 g/mol. The van der Waals surface area contributed by atoms with Crippen LogP contribution >= 0.6 is 0 Å². The highest BCUT2D eigenvalue weighted by Crippen LogP contribution is 2.08. The van der Waals surface area contributed by atoms with E-state index in [-0.39, 0.29) is 0 Å². The molecule has 0 spiro atoms. The van der Waals surface area contributed by atoms with Crippen LogP contribution in [-0.4, -0.2) is 4.98 Å². The van der Waals surface area contributed by atoms with Gasteiger partial charge in [0.1, 0.15) is 0 Å². The number of nitrogens with zero attached hydrogens (tertiary/aromatic N) is 1. The Labute approximate surface area is 95.3 Å². The van der Waals surface area contributed by atoms with E-state index in [1.54, 1.807) is 6.20 Å². The van der Waals surface area contributed by atoms with Crippen molar-refractivity contribution < 1.29 is 0 Å². The SMILES string of the molecule is NCc1cncc(CNc2ccccc2)c1. The Morgan fingerprint density at radius 1 is 1.06 bits per heavy atom. The van der Waals surface area contributed by atoms with Crippen LogP contribution in [0.2, 0.25) is 0 Å². The van der Waals surface area contributed by atoms with Crippen LogP contribution in [0.3, 0.4) is 0 Å². The van der Waals surface area contributed by atoms with Crippen molar-refractivity contribution in [2.24, 2.45) is 5.73 Å². The minimum Gasteiger partial charge on any atom is -0.381 e. The first-order chi connectivity index (χ1) is 7.88. The maximum Gasteiger partial charge on any atom is 0.0416 e. The van der Waals surface area contributed by atoms with Crippen molar-refractivity contribution in [3.8, 4) is 0 Å². The molecule has 0 aliphatic heterocycles. The number of nitrogens with two attached hydrogens (primary N) is 1. The number of hydrogen-bond donors (Lipinski definition) is 2. The largest absolute Gasteiger partial charge is 0.381 e. The number of hydrogen-bond acceptors (Lipinski definition) is 3. The number of benzene rings is 1. The van der Waals surface area contributed by atoms with Crippen molar-refractivity contribution in [3.63, 3.8) is 0 Å². The highest BCUT2D eigenvalue weighted by Gasteiger charge is 1.95. The molecule has 0 saturated heterocycles. The fourth-order valence-corrected chi connectivity index (χ4v) is 1.51. The van der Waals surface area contributed by atoms with Crippen LogP contribution in [0.4, 0.5) is 5.69 Å². The first-order valence-electron chi connectivity index (χ1n) is 5.30. The van der Waals surface area contributed by atoms with Gasteiger partial charge in [0.05, 0.1) is 0 Å². The van der Waals surface area contributed by atoms with Crippen molar-refractivity contribution in [2.45, 2.75) is 13.1 Å². The van der Waals surface area contributed by atoms with Crippen molar-refractivity contribution in [2.75, 3.05) is 5.32 Å². The molecule has 82 valence electrons. The molecule has 16 heavy (non-hydrogen) atoms. The Bertz CT molecular complexity index is 440. The number of rotatable bonds is 4. The van der Waals surface area contributed by atoms with Gasteiger partial charge in [-0.2, -0.15) is 0 Å². The van der Waals surface area contributed by atoms with E-state index in [9.17, 15) is 0 Å². The van der Waals surface area contributed by atoms with Gasteiger partial charge >= 0.3 is 0 Å². The van der Waals surface area contributed by atoms with Crippen molar-refractivity contribution >= 4 is 5.69 Å². The third kappa shape index (κ3) is 2.81. The van der Waals surface area contributed by atoms with E-state index in [0.29, 0.717) is 6.54 Å². The van der Waals surface area contributed by atoms with Gasteiger partial charge in [-0.25, -0.2) is 0 Å². The number of anilines is 1. The topological polar surface area (TPSA) is 50.9 Å². The molecule has 1 aromatic heterocycles. The van der Waals surface area contributed by atoms with Crippen LogP contribution in [0, 0.1) is 0 Å². The third-order valence-corrected chi connectivity index (χ3v) is 2.36. The van der Waals surface area contributed by atoms with E-state index in [1.807, 2.05) is 36.5 Å². The lowest BCUT2D eigenvalue weighted by Gasteiger charge is -2.06. The maximum absolute atomic E-state index is 5.57. The van der Waals surface area contributed by atoms with E-state index < -0.39 is 0 Å². The molecular formula is C13H15N3. The first-order valence-corrected chi connectivity index (χ1v) is 5.30. The molecule has 0 amide bonds. The number of aromatic nitrogens is 1. The lowest BCUT2D eigenvalue weighted by Crippen LogP contribution is -2.02. The van der Waals surface area contributed by atoms with Gasteiger partial charge < -0.3 is 11.1 Å². The molecule has 3 N–H and O–H groups in total. The van der Waals surface area contributed by atoms with Gasteiger partial charge in [-0.1, -0.05) is 18.2 Å². The molecular weight excluding hydrogens is 198 g/mol. The van der Waals surface area contributed by atoms with Gasteiger partial charge in [0, 0.05) is 31.2 Å². The molecule has 0 fully saturated rings. The first kappa shape index (κ1) is 10.6. The monoisotopic (exact) mass is 213 g/mol. The van der Waals surface area contributed by atoms with Crippen LogP contribution in [0.25, 0.3) is 0 Å². The molecule has 0 saturated carbocycles. The lowest BCUT2D eigenvalue weighted by molar-refractivity contribution is 1.02. The average Bonchev–Trinajstić information content (AvgIpc) is 2.38. The molecule has 0 aliphatic rings. The summed E-state index contributed by atoms with van der Waals surface area (Å²) in [6.07, 6.45) is 3.65. The van der Waals surface area contributed by atoms with Gasteiger partial charge in [-0.05, 0) is 29.3 Å². The quantitative estimate of drug-likeness (QED) is 0.818. The molecule has 2 rings (SSSR count). The fraction of sp³-hybridized carbons (Fsp3) is 0.154. The summed E-state index contributed by atoms with van der Waals surface area (Å²) in [5.74, 6) is 0. The van der Waals surface area contributed by atoms with Gasteiger partial charge in [-0.3, -0.25) is 4.98 Å². The summed E-state index contributed by atoms with van der Waals surface area (Å²) in [7, 11) is 0. The Hall–Kier alpha value is -1.87. The summed E-state index contributed by atoms with van der Waals surface area (Å²) in [6, 6.07) is 12.2. The molecule has 0 bridgehead atoms. The summed E-state index contributed by atoms with van der Waals surface area (Å²) in [4.78, 5) is 4.15. The minimum absolute atomic E-state index is 0.534. The summed E-state index contributed by atoms with van der Waals surface area (Å²) in [5.41, 5.74) is 8.88. The zero-order valence-electron chi connectivity index (χ0n) is 9.06. The highest BCUT2D eigenvalue weighted by atomic mass is 14.9. The molecule has 0 atom stereocenters. The molecule has 0 aliphatic carbocycles. The predicted molar refractivity (Wildman–Crippen MR) is 65.9 cm³/mol. The molecule has 1 heterocycles. The second-order valence-electron chi connectivity index (χ2n) is 3.63. The normalized spacial score (nSPS) is 10.1. The molecule has 3 heteroatoms. The van der Waals surface area contributed by atoms with E-state index in [2.05, 4.69) is 16.4 Å². The van der Waals surface area contributed by atoms with Crippen LogP contribution < -0.4 is 11.1 Å². The number of pyridine rings is 1. The summed E-state index contributed by atoms with van der Waals surface area (Å²) < 4.78 is 0. The van der Waals surface area contributed by atoms with Crippen LogP contribution in [-0.2, 0) is 13.1 Å². The molecule has 2 aromatic rings. The Kier molecular flexibility index (Phi) is 3.51. The molecule has 3 nitrogen and oxygen atoms in total. The smallest absolute Gasteiger partial charge is 0.0416 e. The zero-order chi connectivity index (χ0) is 11.2. The van der Waals surface area contributed by atoms with Crippen LogP contribution in [0.1, 0.15) is 11.1 Å². The Balaban J connectivity index is 1.99. The second kappa shape index (κ2) is 5.28. The maximum atomic E-state index is 5.57. The van der Waals surface area contributed by atoms with Crippen molar-refractivity contribution in [3.05, 3.63) is 59.9 Å². The lowest BCUT2D eigenvalue weighted by atomic mass is 10.2. The minimum atomic E-state index is 0.534. The number of nitrogens with one attached hydrogen (secondary N) is 1. The van der Waals surface area contributed by atoms with Gasteiger partial charge in [0.25, 0.3) is 0 Å². The Morgan fingerprint density at radius 2 is 1.81 bits per heavy atom. The molecule has 0 radical (unpaired) electrons. The van der Waals surface area contributed by atoms with E-state index in [0.717, 1.165) is 23.4 Å². The van der Waals surface area contributed by atoms with Gasteiger partial charge in [-0.15, -0.1) is 0 Å². The van der Waals surface area contributed by atoms with E-state index in [4.69, 9.17) is 5.73 Å². The third-order valence-electron chi connectivity index (χ3n) is 2.36. The highest BCUT2D eigenvalue weighted by molar-refractivity contribution is 5.43. The summed E-state index contributed by atoms with van der Waals surface area (Å²) in [6.45, 7) is 1.30.